The molecule has 0 radical (unpaired) electrons. The van der Waals surface area contributed by atoms with Crippen LogP contribution in [0.1, 0.15) is 35.6 Å². The lowest BCUT2D eigenvalue weighted by Crippen LogP contribution is -2.21. The molecule has 6 nitrogen and oxygen atoms in total. The molecule has 3 aromatic rings. The second-order valence-corrected chi connectivity index (χ2v) is 7.51. The number of aromatic amines is 1. The summed E-state index contributed by atoms with van der Waals surface area (Å²) >= 11 is 1.48. The normalized spacial score (nSPS) is 13.4. The maximum absolute atomic E-state index is 12.3. The van der Waals surface area contributed by atoms with Crippen LogP contribution in [0.15, 0.2) is 38.6 Å². The summed E-state index contributed by atoms with van der Waals surface area (Å²) in [5.74, 6) is 2.74. The van der Waals surface area contributed by atoms with Gasteiger partial charge in [-0.1, -0.05) is 11.8 Å². The Labute approximate surface area is 161 Å². The van der Waals surface area contributed by atoms with Gasteiger partial charge in [-0.25, -0.2) is 9.97 Å². The van der Waals surface area contributed by atoms with Gasteiger partial charge < -0.3 is 14.1 Å². The molecule has 0 amide bonds. The standard InChI is InChI=1S/C20H21N3O3S/c1-12-17(21-19(26-12)13-7-9-14(25-2)10-8-13)11-27-20-22-16-6-4-3-5-15(16)18(24)23-20/h7-10H,3-6,11H2,1-2H3,(H,22,23,24). The SMILES string of the molecule is COc1ccc(-c2nc(CSc3nc4c(c(=O)[nH]3)CCCC4)c(C)o2)cc1. The Bertz CT molecular complexity index is 1010. The largest absolute Gasteiger partial charge is 0.497 e. The van der Waals surface area contributed by atoms with Crippen LogP contribution in [0, 0.1) is 6.92 Å². The van der Waals surface area contributed by atoms with E-state index in [4.69, 9.17) is 9.15 Å². The van der Waals surface area contributed by atoms with Crippen LogP contribution < -0.4 is 10.3 Å². The molecule has 0 atom stereocenters. The third kappa shape index (κ3) is 3.78. The zero-order valence-corrected chi connectivity index (χ0v) is 16.2. The van der Waals surface area contributed by atoms with Crippen LogP contribution in [0.5, 0.6) is 5.75 Å². The first kappa shape index (κ1) is 17.9. The Kier molecular flexibility index (Phi) is 5.03. The minimum absolute atomic E-state index is 0.00185. The highest BCUT2D eigenvalue weighted by atomic mass is 32.2. The van der Waals surface area contributed by atoms with Gasteiger partial charge in [-0.15, -0.1) is 0 Å². The molecular weight excluding hydrogens is 362 g/mol. The van der Waals surface area contributed by atoms with E-state index in [-0.39, 0.29) is 5.56 Å². The molecule has 1 aromatic carbocycles. The molecule has 2 aromatic heterocycles. The Balaban J connectivity index is 1.51. The number of benzene rings is 1. The van der Waals surface area contributed by atoms with Crippen molar-refractivity contribution in [2.24, 2.45) is 0 Å². The van der Waals surface area contributed by atoms with E-state index in [0.29, 0.717) is 16.8 Å². The first-order valence-electron chi connectivity index (χ1n) is 8.99. The topological polar surface area (TPSA) is 81.0 Å². The summed E-state index contributed by atoms with van der Waals surface area (Å²) in [6.45, 7) is 1.90. The number of nitrogens with zero attached hydrogens (tertiary/aromatic N) is 2. The van der Waals surface area contributed by atoms with Crippen molar-refractivity contribution in [3.05, 3.63) is 57.3 Å². The van der Waals surface area contributed by atoms with E-state index in [1.807, 2.05) is 31.2 Å². The third-order valence-corrected chi connectivity index (χ3v) is 5.63. The number of hydrogen-bond donors (Lipinski definition) is 1. The minimum Gasteiger partial charge on any atom is -0.497 e. The van der Waals surface area contributed by atoms with E-state index >= 15 is 0 Å². The average molecular weight is 383 g/mol. The van der Waals surface area contributed by atoms with Gasteiger partial charge in [0.2, 0.25) is 5.89 Å². The van der Waals surface area contributed by atoms with Crippen molar-refractivity contribution < 1.29 is 9.15 Å². The number of nitrogens with one attached hydrogen (secondary N) is 1. The van der Waals surface area contributed by atoms with Gasteiger partial charge in [0.1, 0.15) is 11.5 Å². The van der Waals surface area contributed by atoms with Gasteiger partial charge in [-0.3, -0.25) is 4.79 Å². The molecule has 0 spiro atoms. The number of oxazole rings is 1. The van der Waals surface area contributed by atoms with Crippen molar-refractivity contribution in [1.29, 1.82) is 0 Å². The van der Waals surface area contributed by atoms with E-state index < -0.39 is 0 Å². The second-order valence-electron chi connectivity index (χ2n) is 6.54. The molecule has 1 aliphatic carbocycles. The smallest absolute Gasteiger partial charge is 0.254 e. The van der Waals surface area contributed by atoms with Gasteiger partial charge >= 0.3 is 0 Å². The monoisotopic (exact) mass is 383 g/mol. The molecule has 0 saturated carbocycles. The van der Waals surface area contributed by atoms with Crippen LogP contribution in [0.4, 0.5) is 0 Å². The third-order valence-electron chi connectivity index (χ3n) is 4.74. The zero-order valence-electron chi connectivity index (χ0n) is 15.4. The van der Waals surface area contributed by atoms with Gasteiger partial charge in [-0.05, 0) is 56.9 Å². The van der Waals surface area contributed by atoms with Crippen LogP contribution in [0.25, 0.3) is 11.5 Å². The van der Waals surface area contributed by atoms with Crippen molar-refractivity contribution in [3.8, 4) is 17.2 Å². The lowest BCUT2D eigenvalue weighted by atomic mass is 9.97. The number of aryl methyl sites for hydroxylation is 2. The Morgan fingerprint density at radius 2 is 1.96 bits per heavy atom. The van der Waals surface area contributed by atoms with Crippen LogP contribution in [0.3, 0.4) is 0 Å². The number of ether oxygens (including phenoxy) is 1. The summed E-state index contributed by atoms with van der Waals surface area (Å²) in [6, 6.07) is 7.60. The quantitative estimate of drug-likeness (QED) is 0.531. The first-order valence-corrected chi connectivity index (χ1v) is 9.98. The second kappa shape index (κ2) is 7.60. The molecule has 7 heteroatoms. The van der Waals surface area contributed by atoms with Crippen molar-refractivity contribution in [2.45, 2.75) is 43.5 Å². The fraction of sp³-hybridized carbons (Fsp3) is 0.350. The molecule has 0 bridgehead atoms. The Hall–Kier alpha value is -2.54. The molecular formula is C20H21N3O3S. The highest BCUT2D eigenvalue weighted by molar-refractivity contribution is 7.98. The number of hydrogen-bond acceptors (Lipinski definition) is 6. The van der Waals surface area contributed by atoms with E-state index in [1.54, 1.807) is 7.11 Å². The zero-order chi connectivity index (χ0) is 18.8. The molecule has 0 saturated heterocycles. The summed E-state index contributed by atoms with van der Waals surface area (Å²) in [5, 5.41) is 0.647. The number of aromatic nitrogens is 3. The van der Waals surface area contributed by atoms with Crippen LogP contribution in [-0.2, 0) is 18.6 Å². The molecule has 1 aliphatic rings. The van der Waals surface area contributed by atoms with Crippen LogP contribution in [-0.4, -0.2) is 22.1 Å². The Morgan fingerprint density at radius 3 is 2.74 bits per heavy atom. The molecule has 0 fully saturated rings. The van der Waals surface area contributed by atoms with Crippen molar-refractivity contribution in [2.75, 3.05) is 7.11 Å². The maximum atomic E-state index is 12.3. The van der Waals surface area contributed by atoms with Gasteiger partial charge in [0.15, 0.2) is 5.16 Å². The summed E-state index contributed by atoms with van der Waals surface area (Å²) < 4.78 is 11.0. The Morgan fingerprint density at radius 1 is 1.19 bits per heavy atom. The lowest BCUT2D eigenvalue weighted by Gasteiger charge is -2.14. The van der Waals surface area contributed by atoms with Crippen LogP contribution >= 0.6 is 11.8 Å². The van der Waals surface area contributed by atoms with Gasteiger partial charge in [0.25, 0.3) is 5.56 Å². The fourth-order valence-corrected chi connectivity index (χ4v) is 4.09. The number of H-pyrrole nitrogens is 1. The highest BCUT2D eigenvalue weighted by Crippen LogP contribution is 2.27. The number of methoxy groups -OCH3 is 1. The molecule has 4 rings (SSSR count). The molecule has 0 aliphatic heterocycles. The number of thioether (sulfide) groups is 1. The summed E-state index contributed by atoms with van der Waals surface area (Å²) in [4.78, 5) is 24.4. The molecule has 0 unspecified atom stereocenters. The lowest BCUT2D eigenvalue weighted by molar-refractivity contribution is 0.415. The molecule has 27 heavy (non-hydrogen) atoms. The van der Waals surface area contributed by atoms with E-state index in [2.05, 4.69) is 15.0 Å². The summed E-state index contributed by atoms with van der Waals surface area (Å²) in [7, 11) is 1.64. The first-order chi connectivity index (χ1) is 13.1. The van der Waals surface area contributed by atoms with Crippen molar-refractivity contribution >= 4 is 11.8 Å². The van der Waals surface area contributed by atoms with Gasteiger partial charge in [0.05, 0.1) is 18.5 Å². The maximum Gasteiger partial charge on any atom is 0.254 e. The van der Waals surface area contributed by atoms with E-state index in [1.165, 1.54) is 11.8 Å². The highest BCUT2D eigenvalue weighted by Gasteiger charge is 2.17. The van der Waals surface area contributed by atoms with E-state index in [0.717, 1.165) is 59.7 Å². The number of rotatable bonds is 5. The molecule has 2 heterocycles. The fourth-order valence-electron chi connectivity index (χ4n) is 3.20. The number of fused-ring (bicyclic) bond motifs is 1. The van der Waals surface area contributed by atoms with Gasteiger partial charge in [0, 0.05) is 16.9 Å². The summed E-state index contributed by atoms with van der Waals surface area (Å²) in [5.41, 5.74) is 3.55. The molecule has 140 valence electrons. The minimum atomic E-state index is -0.00185. The predicted octanol–water partition coefficient (Wildman–Crippen LogP) is 3.91. The van der Waals surface area contributed by atoms with Gasteiger partial charge in [-0.2, -0.15) is 0 Å². The average Bonchev–Trinajstić information content (AvgIpc) is 3.07. The van der Waals surface area contributed by atoms with Crippen molar-refractivity contribution in [1.82, 2.24) is 15.0 Å². The van der Waals surface area contributed by atoms with Crippen molar-refractivity contribution in [3.63, 3.8) is 0 Å². The molecule has 1 N–H and O–H groups in total. The van der Waals surface area contributed by atoms with E-state index in [9.17, 15) is 4.79 Å². The summed E-state index contributed by atoms with van der Waals surface area (Å²) in [6.07, 6.45) is 3.88. The predicted molar refractivity (Wildman–Crippen MR) is 104 cm³/mol. The van der Waals surface area contributed by atoms with Crippen LogP contribution in [0.2, 0.25) is 0 Å².